The molecule has 0 atom stereocenters. The van der Waals surface area contributed by atoms with E-state index >= 15 is 0 Å². The summed E-state index contributed by atoms with van der Waals surface area (Å²) in [5.74, 6) is -4.14. The monoisotopic (exact) mass is 393 g/mol. The molecule has 1 aliphatic rings. The first kappa shape index (κ1) is 20.0. The van der Waals surface area contributed by atoms with Gasteiger partial charge in [-0.1, -0.05) is 18.2 Å². The van der Waals surface area contributed by atoms with Gasteiger partial charge >= 0.3 is 6.03 Å². The normalized spacial score (nSPS) is 14.6. The second-order valence-corrected chi connectivity index (χ2v) is 6.62. The Balaban J connectivity index is 1.62. The van der Waals surface area contributed by atoms with Gasteiger partial charge in [0.15, 0.2) is 0 Å². The van der Waals surface area contributed by atoms with Crippen molar-refractivity contribution in [3.05, 3.63) is 59.4 Å². The number of carbonyl (C=O) groups is 1. The van der Waals surface area contributed by atoms with Gasteiger partial charge in [0.1, 0.15) is 5.82 Å². The minimum Gasteiger partial charge on any atom is -0.378 e. The molecule has 0 aromatic heterocycles. The number of alkyl halides is 2. The summed E-state index contributed by atoms with van der Waals surface area (Å²) in [7, 11) is 0. The zero-order valence-corrected chi connectivity index (χ0v) is 15.5. The highest BCUT2D eigenvalue weighted by Gasteiger charge is 2.32. The van der Waals surface area contributed by atoms with Crippen LogP contribution in [0.2, 0.25) is 0 Å². The third kappa shape index (κ3) is 4.95. The Labute approximate surface area is 161 Å². The Morgan fingerprint density at radius 2 is 1.93 bits per heavy atom. The van der Waals surface area contributed by atoms with Crippen molar-refractivity contribution < 1.29 is 22.7 Å². The summed E-state index contributed by atoms with van der Waals surface area (Å²) in [6.07, 6.45) is 0. The summed E-state index contributed by atoms with van der Waals surface area (Å²) in [5, 5.41) is 4.77. The van der Waals surface area contributed by atoms with E-state index in [1.807, 2.05) is 25.1 Å². The standard InChI is InChI=1S/C20H22F3N3O2/c1-14-5-6-17(26-7-9-28-10-8-26)12-18(14)25-19(27)24-13-20(22,23)15-3-2-4-16(21)11-15/h2-6,11-12H,7-10,13H2,1H3,(H2,24,25,27). The van der Waals surface area contributed by atoms with Crippen LogP contribution >= 0.6 is 0 Å². The highest BCUT2D eigenvalue weighted by Crippen LogP contribution is 2.28. The van der Waals surface area contributed by atoms with Crippen molar-refractivity contribution in [2.24, 2.45) is 0 Å². The Bertz CT molecular complexity index is 839. The van der Waals surface area contributed by atoms with E-state index in [2.05, 4.69) is 15.5 Å². The second-order valence-electron chi connectivity index (χ2n) is 6.62. The van der Waals surface area contributed by atoms with E-state index < -0.39 is 29.9 Å². The number of aryl methyl sites for hydroxylation is 1. The number of benzene rings is 2. The molecule has 150 valence electrons. The summed E-state index contributed by atoms with van der Waals surface area (Å²) in [5.41, 5.74) is 1.78. The predicted octanol–water partition coefficient (Wildman–Crippen LogP) is 3.88. The van der Waals surface area contributed by atoms with E-state index in [4.69, 9.17) is 4.74 Å². The molecule has 1 fully saturated rings. The third-order valence-corrected chi connectivity index (χ3v) is 4.56. The number of urea groups is 1. The molecular formula is C20H22F3N3O2. The van der Waals surface area contributed by atoms with Crippen LogP contribution in [0, 0.1) is 12.7 Å². The van der Waals surface area contributed by atoms with Crippen LogP contribution in [0.1, 0.15) is 11.1 Å². The molecule has 1 aliphatic heterocycles. The molecule has 2 aromatic carbocycles. The van der Waals surface area contributed by atoms with Crippen molar-refractivity contribution >= 4 is 17.4 Å². The molecule has 1 saturated heterocycles. The van der Waals surface area contributed by atoms with Crippen molar-refractivity contribution in [2.45, 2.75) is 12.8 Å². The number of ether oxygens (including phenoxy) is 1. The van der Waals surface area contributed by atoms with Gasteiger partial charge in [-0.05, 0) is 36.8 Å². The summed E-state index contributed by atoms with van der Waals surface area (Å²) in [6.45, 7) is 3.63. The Morgan fingerprint density at radius 3 is 2.64 bits per heavy atom. The average Bonchev–Trinajstić information content (AvgIpc) is 2.69. The molecule has 0 aliphatic carbocycles. The summed E-state index contributed by atoms with van der Waals surface area (Å²) >= 11 is 0. The van der Waals surface area contributed by atoms with Crippen LogP contribution in [0.5, 0.6) is 0 Å². The van der Waals surface area contributed by atoms with E-state index in [-0.39, 0.29) is 0 Å². The topological polar surface area (TPSA) is 53.6 Å². The van der Waals surface area contributed by atoms with Gasteiger partial charge in [-0.3, -0.25) is 0 Å². The maximum atomic E-state index is 14.2. The Morgan fingerprint density at radius 1 is 1.18 bits per heavy atom. The van der Waals surface area contributed by atoms with Crippen LogP contribution in [0.4, 0.5) is 29.3 Å². The first-order valence-corrected chi connectivity index (χ1v) is 8.97. The zero-order valence-electron chi connectivity index (χ0n) is 15.5. The Hall–Kier alpha value is -2.74. The molecule has 28 heavy (non-hydrogen) atoms. The number of halogens is 3. The van der Waals surface area contributed by atoms with Gasteiger partial charge < -0.3 is 20.3 Å². The number of hydrogen-bond donors (Lipinski definition) is 2. The van der Waals surface area contributed by atoms with E-state index in [0.717, 1.165) is 42.5 Å². The van der Waals surface area contributed by atoms with Gasteiger partial charge in [0.2, 0.25) is 0 Å². The maximum Gasteiger partial charge on any atom is 0.319 e. The Kier molecular flexibility index (Phi) is 6.08. The van der Waals surface area contributed by atoms with Crippen LogP contribution in [0.25, 0.3) is 0 Å². The van der Waals surface area contributed by atoms with Gasteiger partial charge in [-0.25, -0.2) is 9.18 Å². The highest BCUT2D eigenvalue weighted by atomic mass is 19.3. The molecule has 5 nitrogen and oxygen atoms in total. The van der Waals surface area contributed by atoms with E-state index in [9.17, 15) is 18.0 Å². The van der Waals surface area contributed by atoms with E-state index in [0.29, 0.717) is 18.9 Å². The fraction of sp³-hybridized carbons (Fsp3) is 0.350. The lowest BCUT2D eigenvalue weighted by Gasteiger charge is -2.29. The fourth-order valence-electron chi connectivity index (χ4n) is 2.94. The first-order chi connectivity index (χ1) is 13.3. The largest absolute Gasteiger partial charge is 0.378 e. The van der Waals surface area contributed by atoms with Crippen LogP contribution in [0.15, 0.2) is 42.5 Å². The minimum absolute atomic E-state index is 0.488. The average molecular weight is 393 g/mol. The molecule has 1 heterocycles. The minimum atomic E-state index is -3.38. The molecule has 2 amide bonds. The number of carbonyl (C=O) groups excluding carboxylic acids is 1. The molecule has 2 N–H and O–H groups in total. The number of morpholine rings is 1. The molecule has 8 heteroatoms. The van der Waals surface area contributed by atoms with Gasteiger partial charge in [-0.2, -0.15) is 8.78 Å². The number of rotatable bonds is 5. The van der Waals surface area contributed by atoms with Gasteiger partial charge in [0.05, 0.1) is 19.8 Å². The van der Waals surface area contributed by atoms with Crippen molar-refractivity contribution in [1.29, 1.82) is 0 Å². The lowest BCUT2D eigenvalue weighted by molar-refractivity contribution is -0.000372. The molecule has 2 aromatic rings. The number of nitrogens with one attached hydrogen (secondary N) is 2. The van der Waals surface area contributed by atoms with Crippen LogP contribution in [-0.2, 0) is 10.7 Å². The van der Waals surface area contributed by atoms with E-state index in [1.165, 1.54) is 6.07 Å². The summed E-state index contributed by atoms with van der Waals surface area (Å²) < 4.78 is 46.9. The molecule has 0 bridgehead atoms. The molecule has 0 radical (unpaired) electrons. The second kappa shape index (κ2) is 8.52. The zero-order chi connectivity index (χ0) is 20.1. The lowest BCUT2D eigenvalue weighted by Crippen LogP contribution is -2.38. The number of amides is 2. The maximum absolute atomic E-state index is 14.2. The molecule has 0 saturated carbocycles. The van der Waals surface area contributed by atoms with Crippen molar-refractivity contribution in [3.63, 3.8) is 0 Å². The van der Waals surface area contributed by atoms with Crippen LogP contribution in [0.3, 0.4) is 0 Å². The highest BCUT2D eigenvalue weighted by molar-refractivity contribution is 5.90. The number of anilines is 2. The van der Waals surface area contributed by atoms with Crippen molar-refractivity contribution in [2.75, 3.05) is 43.1 Å². The number of nitrogens with zero attached hydrogens (tertiary/aromatic N) is 1. The quantitative estimate of drug-likeness (QED) is 0.811. The van der Waals surface area contributed by atoms with Crippen LogP contribution in [-0.4, -0.2) is 38.9 Å². The molecule has 0 spiro atoms. The predicted molar refractivity (Wildman–Crippen MR) is 102 cm³/mol. The molecular weight excluding hydrogens is 371 g/mol. The van der Waals surface area contributed by atoms with Crippen molar-refractivity contribution in [1.82, 2.24) is 5.32 Å². The molecule has 3 rings (SSSR count). The molecule has 0 unspecified atom stereocenters. The smallest absolute Gasteiger partial charge is 0.319 e. The van der Waals surface area contributed by atoms with Crippen LogP contribution < -0.4 is 15.5 Å². The van der Waals surface area contributed by atoms with Gasteiger partial charge in [-0.15, -0.1) is 0 Å². The third-order valence-electron chi connectivity index (χ3n) is 4.56. The van der Waals surface area contributed by atoms with E-state index in [1.54, 1.807) is 0 Å². The van der Waals surface area contributed by atoms with Gasteiger partial charge in [0, 0.05) is 30.0 Å². The lowest BCUT2D eigenvalue weighted by atomic mass is 10.1. The summed E-state index contributed by atoms with van der Waals surface area (Å²) in [6, 6.07) is 9.05. The van der Waals surface area contributed by atoms with Crippen molar-refractivity contribution in [3.8, 4) is 0 Å². The summed E-state index contributed by atoms with van der Waals surface area (Å²) in [4.78, 5) is 14.3. The fourth-order valence-corrected chi connectivity index (χ4v) is 2.94. The van der Waals surface area contributed by atoms with Gasteiger partial charge in [0.25, 0.3) is 5.92 Å². The SMILES string of the molecule is Cc1ccc(N2CCOCC2)cc1NC(=O)NCC(F)(F)c1cccc(F)c1. The number of hydrogen-bond acceptors (Lipinski definition) is 3. The first-order valence-electron chi connectivity index (χ1n) is 8.97.